The van der Waals surface area contributed by atoms with E-state index in [2.05, 4.69) is 21.2 Å². The van der Waals surface area contributed by atoms with Gasteiger partial charge in [0.25, 0.3) is 5.91 Å². The second kappa shape index (κ2) is 5.90. The molecule has 0 bridgehead atoms. The molecule has 0 saturated carbocycles. The summed E-state index contributed by atoms with van der Waals surface area (Å²) in [4.78, 5) is 12.0. The standard InChI is InChI=1S/C13H7BrCl2FNO/c14-7-1-4-11(17)9(5-7)13(19)18-12-6-8(15)2-3-10(12)16/h1-6H,(H,18,19). The van der Waals surface area contributed by atoms with Crippen LogP contribution in [0.4, 0.5) is 10.1 Å². The Kier molecular flexibility index (Phi) is 4.45. The number of hydrogen-bond acceptors (Lipinski definition) is 1. The van der Waals surface area contributed by atoms with Gasteiger partial charge in [0.15, 0.2) is 0 Å². The smallest absolute Gasteiger partial charge is 0.258 e. The highest BCUT2D eigenvalue weighted by Crippen LogP contribution is 2.26. The number of benzene rings is 2. The summed E-state index contributed by atoms with van der Waals surface area (Å²) >= 11 is 14.9. The SMILES string of the molecule is O=C(Nc1cc(Cl)ccc1Cl)c1cc(Br)ccc1F. The van der Waals surface area contributed by atoms with Gasteiger partial charge >= 0.3 is 0 Å². The highest BCUT2D eigenvalue weighted by molar-refractivity contribution is 9.10. The summed E-state index contributed by atoms with van der Waals surface area (Å²) in [6.45, 7) is 0. The van der Waals surface area contributed by atoms with Gasteiger partial charge in [-0.1, -0.05) is 39.1 Å². The lowest BCUT2D eigenvalue weighted by Crippen LogP contribution is -2.14. The van der Waals surface area contributed by atoms with Gasteiger partial charge in [-0.3, -0.25) is 4.79 Å². The number of amides is 1. The molecule has 0 aliphatic carbocycles. The van der Waals surface area contributed by atoms with Crippen LogP contribution in [-0.2, 0) is 0 Å². The van der Waals surface area contributed by atoms with Gasteiger partial charge in [-0.25, -0.2) is 4.39 Å². The number of rotatable bonds is 2. The van der Waals surface area contributed by atoms with Crippen LogP contribution < -0.4 is 5.32 Å². The zero-order valence-electron chi connectivity index (χ0n) is 9.38. The largest absolute Gasteiger partial charge is 0.320 e. The van der Waals surface area contributed by atoms with Crippen LogP contribution in [-0.4, -0.2) is 5.91 Å². The van der Waals surface area contributed by atoms with Crippen LogP contribution in [0.2, 0.25) is 10.0 Å². The lowest BCUT2D eigenvalue weighted by molar-refractivity contribution is 0.102. The molecule has 1 N–H and O–H groups in total. The Morgan fingerprint density at radius 3 is 2.63 bits per heavy atom. The second-order valence-electron chi connectivity index (χ2n) is 3.70. The van der Waals surface area contributed by atoms with Crippen molar-refractivity contribution in [1.82, 2.24) is 0 Å². The monoisotopic (exact) mass is 361 g/mol. The Hall–Kier alpha value is -1.10. The molecule has 0 aliphatic heterocycles. The van der Waals surface area contributed by atoms with Crippen LogP contribution in [0.5, 0.6) is 0 Å². The Labute approximate surface area is 127 Å². The van der Waals surface area contributed by atoms with E-state index in [1.165, 1.54) is 24.3 Å². The van der Waals surface area contributed by atoms with Crippen LogP contribution >= 0.6 is 39.1 Å². The summed E-state index contributed by atoms with van der Waals surface area (Å²) in [6.07, 6.45) is 0. The molecular weight excluding hydrogens is 356 g/mol. The first kappa shape index (κ1) is 14.3. The minimum absolute atomic E-state index is 0.0783. The second-order valence-corrected chi connectivity index (χ2v) is 5.46. The van der Waals surface area contributed by atoms with Gasteiger partial charge in [0.05, 0.1) is 16.3 Å². The Morgan fingerprint density at radius 2 is 1.89 bits per heavy atom. The Balaban J connectivity index is 2.30. The molecule has 1 amide bonds. The van der Waals surface area contributed by atoms with Crippen molar-refractivity contribution in [1.29, 1.82) is 0 Å². The molecule has 0 aromatic heterocycles. The molecule has 2 rings (SSSR count). The zero-order valence-corrected chi connectivity index (χ0v) is 12.5. The molecule has 0 unspecified atom stereocenters. The summed E-state index contributed by atoms with van der Waals surface area (Å²) < 4.78 is 14.2. The number of carbonyl (C=O) groups excluding carboxylic acids is 1. The Morgan fingerprint density at radius 1 is 1.16 bits per heavy atom. The number of hydrogen-bond donors (Lipinski definition) is 1. The van der Waals surface area contributed by atoms with Crippen molar-refractivity contribution in [2.24, 2.45) is 0 Å². The molecule has 2 nitrogen and oxygen atoms in total. The van der Waals surface area contributed by atoms with Gasteiger partial charge in [0, 0.05) is 9.50 Å². The third-order valence-corrected chi connectivity index (χ3v) is 3.41. The van der Waals surface area contributed by atoms with Crippen LogP contribution in [0.1, 0.15) is 10.4 Å². The molecule has 0 radical (unpaired) electrons. The van der Waals surface area contributed by atoms with E-state index in [1.54, 1.807) is 12.1 Å². The van der Waals surface area contributed by atoms with E-state index in [0.717, 1.165) is 0 Å². The van der Waals surface area contributed by atoms with Crippen molar-refractivity contribution < 1.29 is 9.18 Å². The van der Waals surface area contributed by atoms with Crippen LogP contribution in [0, 0.1) is 5.82 Å². The predicted octanol–water partition coefficient (Wildman–Crippen LogP) is 5.15. The molecule has 0 saturated heterocycles. The average Bonchev–Trinajstić information content (AvgIpc) is 2.36. The van der Waals surface area contributed by atoms with Gasteiger partial charge in [0.2, 0.25) is 0 Å². The fourth-order valence-corrected chi connectivity index (χ4v) is 2.15. The molecular formula is C13H7BrCl2FNO. The first-order valence-electron chi connectivity index (χ1n) is 5.19. The summed E-state index contributed by atoms with van der Waals surface area (Å²) in [5.74, 6) is -1.21. The third-order valence-electron chi connectivity index (χ3n) is 2.35. The zero-order chi connectivity index (χ0) is 14.0. The molecule has 2 aromatic carbocycles. The van der Waals surface area contributed by atoms with E-state index in [1.807, 2.05) is 0 Å². The van der Waals surface area contributed by atoms with E-state index < -0.39 is 11.7 Å². The van der Waals surface area contributed by atoms with Crippen molar-refractivity contribution in [3.63, 3.8) is 0 Å². The van der Waals surface area contributed by atoms with Crippen molar-refractivity contribution in [2.45, 2.75) is 0 Å². The topological polar surface area (TPSA) is 29.1 Å². The highest BCUT2D eigenvalue weighted by Gasteiger charge is 2.14. The molecule has 19 heavy (non-hydrogen) atoms. The molecule has 98 valence electrons. The fourth-order valence-electron chi connectivity index (χ4n) is 1.45. The normalized spacial score (nSPS) is 10.3. The lowest BCUT2D eigenvalue weighted by atomic mass is 10.2. The van der Waals surface area contributed by atoms with E-state index in [0.29, 0.717) is 20.2 Å². The first-order valence-corrected chi connectivity index (χ1v) is 6.74. The van der Waals surface area contributed by atoms with Gasteiger partial charge in [-0.2, -0.15) is 0 Å². The maximum Gasteiger partial charge on any atom is 0.258 e. The first-order chi connectivity index (χ1) is 8.97. The number of carbonyl (C=O) groups is 1. The summed E-state index contributed by atoms with van der Waals surface area (Å²) in [5.41, 5.74) is 0.254. The molecule has 0 atom stereocenters. The van der Waals surface area contributed by atoms with Crippen LogP contribution in [0.15, 0.2) is 40.9 Å². The quantitative estimate of drug-likeness (QED) is 0.786. The van der Waals surface area contributed by atoms with Gasteiger partial charge in [0.1, 0.15) is 5.82 Å². The van der Waals surface area contributed by atoms with Crippen molar-refractivity contribution in [2.75, 3.05) is 5.32 Å². The maximum absolute atomic E-state index is 13.6. The molecule has 0 heterocycles. The fraction of sp³-hybridized carbons (Fsp3) is 0. The van der Waals surface area contributed by atoms with E-state index in [-0.39, 0.29) is 5.56 Å². The molecule has 0 fully saturated rings. The van der Waals surface area contributed by atoms with E-state index in [9.17, 15) is 9.18 Å². The molecule has 2 aromatic rings. The van der Waals surface area contributed by atoms with Crippen LogP contribution in [0.3, 0.4) is 0 Å². The molecule has 6 heteroatoms. The summed E-state index contributed by atoms with van der Waals surface area (Å²) in [5, 5.41) is 3.27. The number of halogens is 4. The minimum Gasteiger partial charge on any atom is -0.320 e. The predicted molar refractivity (Wildman–Crippen MR) is 78.5 cm³/mol. The van der Waals surface area contributed by atoms with E-state index in [4.69, 9.17) is 23.2 Å². The summed E-state index contributed by atoms with van der Waals surface area (Å²) in [7, 11) is 0. The highest BCUT2D eigenvalue weighted by atomic mass is 79.9. The van der Waals surface area contributed by atoms with Crippen molar-refractivity contribution >= 4 is 50.7 Å². The Bertz CT molecular complexity index is 649. The molecule has 0 spiro atoms. The molecule has 0 aliphatic rings. The van der Waals surface area contributed by atoms with Crippen molar-refractivity contribution in [3.05, 3.63) is 62.3 Å². The number of nitrogens with one attached hydrogen (secondary N) is 1. The number of anilines is 1. The third kappa shape index (κ3) is 3.47. The van der Waals surface area contributed by atoms with Gasteiger partial charge in [-0.15, -0.1) is 0 Å². The van der Waals surface area contributed by atoms with Crippen LogP contribution in [0.25, 0.3) is 0 Å². The lowest BCUT2D eigenvalue weighted by Gasteiger charge is -2.08. The van der Waals surface area contributed by atoms with Crippen molar-refractivity contribution in [3.8, 4) is 0 Å². The van der Waals surface area contributed by atoms with Gasteiger partial charge < -0.3 is 5.32 Å². The minimum atomic E-state index is -0.612. The maximum atomic E-state index is 13.6. The van der Waals surface area contributed by atoms with Gasteiger partial charge in [-0.05, 0) is 36.4 Å². The van der Waals surface area contributed by atoms with E-state index >= 15 is 0 Å². The summed E-state index contributed by atoms with van der Waals surface area (Å²) in [6, 6.07) is 8.76. The average molecular weight is 363 g/mol.